The second kappa shape index (κ2) is 12.6. The number of hydrogen-bond acceptors (Lipinski definition) is 6. The standard InChI is InChI=1S/C31H36N2O4/c1-33(2)20-28(37-31(34)30(32)26-18-24-9-4-5-10-25(24)19-26)21-36-29-11-7-6-8-23(29)15-12-22-13-16-27(35-3)17-14-22/h4-11,13-14,16-18,28,30H,12,15,19-21,32H2,1-3H3/t28-,30-/m1/s1. The molecule has 0 saturated carbocycles. The van der Waals surface area contributed by atoms with Gasteiger partial charge in [-0.3, -0.25) is 0 Å². The van der Waals surface area contributed by atoms with Crippen molar-refractivity contribution >= 4 is 12.0 Å². The van der Waals surface area contributed by atoms with Crippen LogP contribution in [0.15, 0.2) is 78.4 Å². The Morgan fingerprint density at radius 3 is 2.43 bits per heavy atom. The van der Waals surface area contributed by atoms with E-state index in [0.29, 0.717) is 13.0 Å². The third-order valence-electron chi connectivity index (χ3n) is 6.53. The molecule has 0 fully saturated rings. The lowest BCUT2D eigenvalue weighted by Crippen LogP contribution is -2.41. The first-order valence-electron chi connectivity index (χ1n) is 12.7. The lowest BCUT2D eigenvalue weighted by molar-refractivity contribution is -0.151. The molecule has 3 aromatic carbocycles. The average molecular weight is 501 g/mol. The summed E-state index contributed by atoms with van der Waals surface area (Å²) in [6, 6.07) is 23.4. The first-order chi connectivity index (χ1) is 17.9. The van der Waals surface area contributed by atoms with Gasteiger partial charge in [-0.25, -0.2) is 4.79 Å². The fourth-order valence-corrected chi connectivity index (χ4v) is 4.53. The Hall–Kier alpha value is -3.61. The quantitative estimate of drug-likeness (QED) is 0.374. The Bertz CT molecular complexity index is 1220. The molecule has 37 heavy (non-hydrogen) atoms. The van der Waals surface area contributed by atoms with E-state index in [1.165, 1.54) is 11.1 Å². The minimum absolute atomic E-state index is 0.245. The Kier molecular flexibility index (Phi) is 8.99. The van der Waals surface area contributed by atoms with Crippen molar-refractivity contribution in [1.82, 2.24) is 4.90 Å². The third-order valence-corrected chi connectivity index (χ3v) is 6.53. The molecule has 0 spiro atoms. The van der Waals surface area contributed by atoms with Gasteiger partial charge < -0.3 is 24.8 Å². The van der Waals surface area contributed by atoms with Crippen molar-refractivity contribution in [3.05, 3.63) is 101 Å². The van der Waals surface area contributed by atoms with Gasteiger partial charge in [-0.05, 0) is 79.4 Å². The predicted octanol–water partition coefficient (Wildman–Crippen LogP) is 4.30. The first kappa shape index (κ1) is 26.5. The topological polar surface area (TPSA) is 74.0 Å². The number of hydrogen-bond donors (Lipinski definition) is 1. The van der Waals surface area contributed by atoms with Gasteiger partial charge in [-0.2, -0.15) is 0 Å². The maximum absolute atomic E-state index is 13.0. The van der Waals surface area contributed by atoms with Crippen LogP contribution in [0, 0.1) is 0 Å². The van der Waals surface area contributed by atoms with Crippen molar-refractivity contribution in [2.45, 2.75) is 31.4 Å². The summed E-state index contributed by atoms with van der Waals surface area (Å²) in [4.78, 5) is 15.0. The molecule has 2 N–H and O–H groups in total. The zero-order valence-corrected chi connectivity index (χ0v) is 21.9. The highest BCUT2D eigenvalue weighted by Gasteiger charge is 2.27. The highest BCUT2D eigenvalue weighted by atomic mass is 16.6. The van der Waals surface area contributed by atoms with E-state index >= 15 is 0 Å². The number of esters is 1. The number of likely N-dealkylation sites (N-methyl/N-ethyl adjacent to an activating group) is 1. The second-order valence-corrected chi connectivity index (χ2v) is 9.66. The van der Waals surface area contributed by atoms with Crippen LogP contribution in [0.3, 0.4) is 0 Å². The van der Waals surface area contributed by atoms with Crippen LogP contribution in [0.25, 0.3) is 6.08 Å². The number of aryl methyl sites for hydroxylation is 2. The van der Waals surface area contributed by atoms with Crippen molar-refractivity contribution in [2.75, 3.05) is 34.4 Å². The number of nitrogens with two attached hydrogens (primary N) is 1. The number of methoxy groups -OCH3 is 1. The highest BCUT2D eigenvalue weighted by molar-refractivity contribution is 5.83. The Labute approximate surface area is 219 Å². The molecule has 3 aromatic rings. The van der Waals surface area contributed by atoms with Gasteiger partial charge in [0.1, 0.15) is 30.3 Å². The Morgan fingerprint density at radius 2 is 1.70 bits per heavy atom. The van der Waals surface area contributed by atoms with Crippen molar-refractivity contribution in [3.8, 4) is 11.5 Å². The molecule has 0 aliphatic heterocycles. The van der Waals surface area contributed by atoms with E-state index < -0.39 is 18.1 Å². The number of rotatable bonds is 12. The van der Waals surface area contributed by atoms with Crippen LogP contribution in [0.1, 0.15) is 22.3 Å². The van der Waals surface area contributed by atoms with E-state index in [-0.39, 0.29) is 6.61 Å². The third kappa shape index (κ3) is 7.21. The minimum Gasteiger partial charge on any atom is -0.497 e. The van der Waals surface area contributed by atoms with Crippen LogP contribution in [0.4, 0.5) is 0 Å². The van der Waals surface area contributed by atoms with E-state index in [1.54, 1.807) is 7.11 Å². The number of carbonyl (C=O) groups excluding carboxylic acids is 1. The SMILES string of the molecule is COc1ccc(CCc2ccccc2OC[C@@H](CN(C)C)OC(=O)[C@H](N)C2=Cc3ccccc3C2)cc1. The lowest BCUT2D eigenvalue weighted by atomic mass is 10.0. The van der Waals surface area contributed by atoms with Crippen LogP contribution in [0.5, 0.6) is 11.5 Å². The van der Waals surface area contributed by atoms with Gasteiger partial charge in [0, 0.05) is 6.54 Å². The molecule has 0 radical (unpaired) electrons. The molecule has 0 bridgehead atoms. The van der Waals surface area contributed by atoms with Gasteiger partial charge in [0.15, 0.2) is 0 Å². The molecule has 0 amide bonds. The van der Waals surface area contributed by atoms with E-state index in [0.717, 1.165) is 41.0 Å². The smallest absolute Gasteiger partial charge is 0.327 e. The monoisotopic (exact) mass is 500 g/mol. The predicted molar refractivity (Wildman–Crippen MR) is 147 cm³/mol. The van der Waals surface area contributed by atoms with E-state index in [2.05, 4.69) is 24.3 Å². The van der Waals surface area contributed by atoms with Crippen molar-refractivity contribution in [2.24, 2.45) is 5.73 Å². The Morgan fingerprint density at radius 1 is 0.973 bits per heavy atom. The summed E-state index contributed by atoms with van der Waals surface area (Å²) in [7, 11) is 5.56. The van der Waals surface area contributed by atoms with Crippen LogP contribution in [-0.2, 0) is 28.8 Å². The molecule has 0 heterocycles. The maximum atomic E-state index is 13.0. The molecule has 0 aromatic heterocycles. The van der Waals surface area contributed by atoms with E-state index in [1.807, 2.05) is 73.6 Å². The highest BCUT2D eigenvalue weighted by Crippen LogP contribution is 2.27. The molecule has 0 saturated heterocycles. The molecule has 194 valence electrons. The minimum atomic E-state index is -0.797. The zero-order chi connectivity index (χ0) is 26.2. The van der Waals surface area contributed by atoms with Crippen LogP contribution >= 0.6 is 0 Å². The largest absolute Gasteiger partial charge is 0.497 e. The number of nitrogens with zero attached hydrogens (tertiary/aromatic N) is 1. The van der Waals surface area contributed by atoms with Crippen molar-refractivity contribution in [1.29, 1.82) is 0 Å². The molecule has 6 nitrogen and oxygen atoms in total. The number of benzene rings is 3. The molecular weight excluding hydrogens is 464 g/mol. The fourth-order valence-electron chi connectivity index (χ4n) is 4.53. The Balaban J connectivity index is 1.36. The van der Waals surface area contributed by atoms with Gasteiger partial charge in [-0.1, -0.05) is 60.7 Å². The molecule has 1 aliphatic rings. The molecular formula is C31H36N2O4. The van der Waals surface area contributed by atoms with Crippen LogP contribution < -0.4 is 15.2 Å². The average Bonchev–Trinajstić information content (AvgIpc) is 3.35. The number of ether oxygens (including phenoxy) is 3. The number of fused-ring (bicyclic) bond motifs is 1. The molecule has 0 unspecified atom stereocenters. The zero-order valence-electron chi connectivity index (χ0n) is 21.9. The summed E-state index contributed by atoms with van der Waals surface area (Å²) in [5.74, 6) is 1.22. The summed E-state index contributed by atoms with van der Waals surface area (Å²) < 4.78 is 17.3. The summed E-state index contributed by atoms with van der Waals surface area (Å²) in [5.41, 5.74) is 11.8. The molecule has 4 rings (SSSR count). The lowest BCUT2D eigenvalue weighted by Gasteiger charge is -2.24. The maximum Gasteiger partial charge on any atom is 0.327 e. The summed E-state index contributed by atoms with van der Waals surface area (Å²) in [6.07, 6.45) is 3.93. The van der Waals surface area contributed by atoms with Crippen molar-refractivity contribution in [3.63, 3.8) is 0 Å². The van der Waals surface area contributed by atoms with Crippen LogP contribution in [0.2, 0.25) is 0 Å². The second-order valence-electron chi connectivity index (χ2n) is 9.66. The van der Waals surface area contributed by atoms with Crippen molar-refractivity contribution < 1.29 is 19.0 Å². The van der Waals surface area contributed by atoms with Crippen LogP contribution in [-0.4, -0.2) is 57.4 Å². The molecule has 1 aliphatic carbocycles. The van der Waals surface area contributed by atoms with E-state index in [4.69, 9.17) is 19.9 Å². The number of carbonyl (C=O) groups is 1. The van der Waals surface area contributed by atoms with Gasteiger partial charge in [0.25, 0.3) is 0 Å². The van der Waals surface area contributed by atoms with Gasteiger partial charge in [-0.15, -0.1) is 0 Å². The molecule has 2 atom stereocenters. The van der Waals surface area contributed by atoms with Gasteiger partial charge in [0.2, 0.25) is 0 Å². The first-order valence-corrected chi connectivity index (χ1v) is 12.7. The summed E-state index contributed by atoms with van der Waals surface area (Å²) in [6.45, 7) is 0.779. The summed E-state index contributed by atoms with van der Waals surface area (Å²) in [5, 5.41) is 0. The van der Waals surface area contributed by atoms with E-state index in [9.17, 15) is 4.79 Å². The number of para-hydroxylation sites is 1. The molecule has 6 heteroatoms. The fraction of sp³-hybridized carbons (Fsp3) is 0.323. The normalized spacial score (nSPS) is 14.0. The summed E-state index contributed by atoms with van der Waals surface area (Å²) >= 11 is 0. The van der Waals surface area contributed by atoms with Gasteiger partial charge in [0.05, 0.1) is 7.11 Å². The van der Waals surface area contributed by atoms with Gasteiger partial charge >= 0.3 is 5.97 Å².